The number of carboxylic acid groups (broad SMARTS) is 1. The van der Waals surface area contributed by atoms with Crippen LogP contribution in [-0.2, 0) is 33.8 Å². The van der Waals surface area contributed by atoms with Crippen LogP contribution in [0.2, 0.25) is 0 Å². The van der Waals surface area contributed by atoms with E-state index in [9.17, 15) is 19.5 Å². The van der Waals surface area contributed by atoms with Crippen molar-refractivity contribution in [3.8, 4) is 0 Å². The second kappa shape index (κ2) is 11.3. The molecule has 2 amide bonds. The monoisotopic (exact) mass is 463 g/mol. The van der Waals surface area contributed by atoms with E-state index < -0.39 is 12.0 Å². The number of benzene rings is 2. The van der Waals surface area contributed by atoms with Crippen molar-refractivity contribution in [3.05, 3.63) is 71.3 Å². The highest BCUT2D eigenvalue weighted by Crippen LogP contribution is 2.29. The van der Waals surface area contributed by atoms with E-state index in [1.54, 1.807) is 0 Å². The zero-order valence-corrected chi connectivity index (χ0v) is 19.3. The summed E-state index contributed by atoms with van der Waals surface area (Å²) in [4.78, 5) is 37.1. The lowest BCUT2D eigenvalue weighted by molar-refractivity contribution is -0.142. The molecule has 7 nitrogen and oxygen atoms in total. The van der Waals surface area contributed by atoms with Crippen molar-refractivity contribution in [1.29, 1.82) is 0 Å². The second-order valence-corrected chi connectivity index (χ2v) is 9.46. The van der Waals surface area contributed by atoms with E-state index in [-0.39, 0.29) is 30.2 Å². The zero-order valence-electron chi connectivity index (χ0n) is 19.3. The van der Waals surface area contributed by atoms with Crippen LogP contribution in [0.15, 0.2) is 54.6 Å². The molecule has 1 saturated carbocycles. The molecule has 0 aromatic heterocycles. The molecule has 4 N–H and O–H groups in total. The first-order valence-electron chi connectivity index (χ1n) is 12.1. The van der Waals surface area contributed by atoms with Gasteiger partial charge in [-0.2, -0.15) is 0 Å². The van der Waals surface area contributed by atoms with E-state index in [0.717, 1.165) is 18.4 Å². The number of carbonyl (C=O) groups excluding carboxylic acids is 2. The Balaban J connectivity index is 1.20. The van der Waals surface area contributed by atoms with Gasteiger partial charge in [0, 0.05) is 25.4 Å². The predicted molar refractivity (Wildman–Crippen MR) is 129 cm³/mol. The van der Waals surface area contributed by atoms with Crippen molar-refractivity contribution < 1.29 is 19.5 Å². The normalized spacial score (nSPS) is 22.8. The highest BCUT2D eigenvalue weighted by atomic mass is 16.4. The molecule has 1 fully saturated rings. The van der Waals surface area contributed by atoms with E-state index in [1.165, 1.54) is 11.1 Å². The third-order valence-corrected chi connectivity index (χ3v) is 7.08. The van der Waals surface area contributed by atoms with Crippen LogP contribution in [-0.4, -0.2) is 41.5 Å². The Kier molecular flexibility index (Phi) is 7.95. The maximum absolute atomic E-state index is 12.7. The molecule has 2 aromatic carbocycles. The minimum absolute atomic E-state index is 0.0274. The molecule has 2 aliphatic rings. The molecule has 4 rings (SSSR count). The van der Waals surface area contributed by atoms with Crippen LogP contribution in [0.4, 0.5) is 0 Å². The molecule has 2 atom stereocenters. The second-order valence-electron chi connectivity index (χ2n) is 9.46. The summed E-state index contributed by atoms with van der Waals surface area (Å²) in [7, 11) is 0. The Hall–Kier alpha value is -3.19. The van der Waals surface area contributed by atoms with Crippen molar-refractivity contribution in [2.24, 2.45) is 11.8 Å². The molecule has 34 heavy (non-hydrogen) atoms. The maximum Gasteiger partial charge on any atom is 0.326 e. The first kappa shape index (κ1) is 24.0. The van der Waals surface area contributed by atoms with Gasteiger partial charge in [0.05, 0.1) is 6.04 Å². The molecule has 1 aliphatic carbocycles. The number of amides is 2. The van der Waals surface area contributed by atoms with Crippen LogP contribution in [0.25, 0.3) is 0 Å². The Morgan fingerprint density at radius 1 is 0.912 bits per heavy atom. The highest BCUT2D eigenvalue weighted by Gasteiger charge is 2.30. The first-order chi connectivity index (χ1) is 16.5. The van der Waals surface area contributed by atoms with Gasteiger partial charge in [-0.1, -0.05) is 54.6 Å². The number of carbonyl (C=O) groups is 3. The lowest BCUT2D eigenvalue weighted by atomic mass is 9.81. The van der Waals surface area contributed by atoms with Gasteiger partial charge in [0.15, 0.2) is 0 Å². The third kappa shape index (κ3) is 6.23. The van der Waals surface area contributed by atoms with Gasteiger partial charge in [-0.3, -0.25) is 9.59 Å². The number of hydrogen-bond donors (Lipinski definition) is 4. The van der Waals surface area contributed by atoms with Gasteiger partial charge < -0.3 is 21.1 Å². The molecule has 0 saturated heterocycles. The summed E-state index contributed by atoms with van der Waals surface area (Å²) in [5.41, 5.74) is 3.35. The molecular weight excluding hydrogens is 430 g/mol. The summed E-state index contributed by atoms with van der Waals surface area (Å²) in [6.45, 7) is 1.31. The molecule has 2 aromatic rings. The van der Waals surface area contributed by atoms with Crippen LogP contribution in [0.3, 0.4) is 0 Å². The van der Waals surface area contributed by atoms with Crippen LogP contribution >= 0.6 is 0 Å². The van der Waals surface area contributed by atoms with E-state index in [0.29, 0.717) is 38.3 Å². The number of hydrogen-bond acceptors (Lipinski definition) is 4. The van der Waals surface area contributed by atoms with E-state index in [4.69, 9.17) is 0 Å². The minimum Gasteiger partial charge on any atom is -0.480 e. The van der Waals surface area contributed by atoms with E-state index >= 15 is 0 Å². The Morgan fingerprint density at radius 3 is 2.29 bits per heavy atom. The summed E-state index contributed by atoms with van der Waals surface area (Å²) < 4.78 is 0. The third-order valence-electron chi connectivity index (χ3n) is 7.08. The number of fused-ring (bicyclic) bond motifs is 1. The molecule has 0 radical (unpaired) electrons. The van der Waals surface area contributed by atoms with Crippen molar-refractivity contribution >= 4 is 17.8 Å². The Bertz CT molecular complexity index is 1000. The van der Waals surface area contributed by atoms with Crippen LogP contribution < -0.4 is 16.0 Å². The lowest BCUT2D eigenvalue weighted by Crippen LogP contribution is -2.49. The highest BCUT2D eigenvalue weighted by molar-refractivity contribution is 5.85. The van der Waals surface area contributed by atoms with Crippen molar-refractivity contribution in [2.45, 2.75) is 57.2 Å². The standard InChI is InChI=1S/C27H33N3O4/c31-25(30-24(27(33)34)14-18-6-2-1-3-7-18)20-12-10-19(11-13-20)16-29-26(32)23-15-21-8-4-5-9-22(21)17-28-23/h1-9,19-20,23-24,28H,10-17H2,(H,29,32)(H,30,31)(H,33,34)/t19?,20?,23-,24+/m1/s1. The van der Waals surface area contributed by atoms with Gasteiger partial charge in [-0.25, -0.2) is 4.79 Å². The Morgan fingerprint density at radius 2 is 1.59 bits per heavy atom. The summed E-state index contributed by atoms with van der Waals surface area (Å²) in [5.74, 6) is -1.02. The molecule has 0 unspecified atom stereocenters. The zero-order chi connectivity index (χ0) is 23.9. The molecule has 180 valence electrons. The molecule has 1 aliphatic heterocycles. The summed E-state index contributed by atoms with van der Waals surface area (Å²) in [6, 6.07) is 16.4. The van der Waals surface area contributed by atoms with Gasteiger partial charge in [0.25, 0.3) is 0 Å². The van der Waals surface area contributed by atoms with Gasteiger partial charge in [-0.15, -0.1) is 0 Å². The largest absolute Gasteiger partial charge is 0.480 e. The number of aliphatic carboxylic acids is 1. The fourth-order valence-electron chi connectivity index (χ4n) is 4.98. The topological polar surface area (TPSA) is 108 Å². The first-order valence-corrected chi connectivity index (χ1v) is 12.1. The predicted octanol–water partition coefficient (Wildman–Crippen LogP) is 2.44. The average molecular weight is 464 g/mol. The molecular formula is C27H33N3O4. The average Bonchev–Trinajstić information content (AvgIpc) is 2.87. The van der Waals surface area contributed by atoms with Crippen molar-refractivity contribution in [2.75, 3.05) is 6.54 Å². The Labute approximate surface area is 200 Å². The minimum atomic E-state index is -1.02. The van der Waals surface area contributed by atoms with E-state index in [1.807, 2.05) is 42.5 Å². The lowest BCUT2D eigenvalue weighted by Gasteiger charge is -2.30. The van der Waals surface area contributed by atoms with Gasteiger partial charge in [-0.05, 0) is 54.7 Å². The summed E-state index contributed by atoms with van der Waals surface area (Å²) >= 11 is 0. The maximum atomic E-state index is 12.7. The molecule has 1 heterocycles. The van der Waals surface area contributed by atoms with Gasteiger partial charge in [0.2, 0.25) is 11.8 Å². The van der Waals surface area contributed by atoms with Crippen molar-refractivity contribution in [3.63, 3.8) is 0 Å². The summed E-state index contributed by atoms with van der Waals surface area (Å²) in [5, 5.41) is 18.7. The number of nitrogens with one attached hydrogen (secondary N) is 3. The molecule has 0 bridgehead atoms. The van der Waals surface area contributed by atoms with Gasteiger partial charge in [0.1, 0.15) is 6.04 Å². The summed E-state index contributed by atoms with van der Waals surface area (Å²) in [6.07, 6.45) is 4.06. The van der Waals surface area contributed by atoms with Gasteiger partial charge >= 0.3 is 5.97 Å². The fraction of sp³-hybridized carbons (Fsp3) is 0.444. The van der Waals surface area contributed by atoms with Crippen LogP contribution in [0.1, 0.15) is 42.4 Å². The van der Waals surface area contributed by atoms with Crippen molar-refractivity contribution in [1.82, 2.24) is 16.0 Å². The smallest absolute Gasteiger partial charge is 0.326 e. The number of carboxylic acids is 1. The SMILES string of the molecule is O=C(N[C@@H](Cc1ccccc1)C(=O)O)C1CCC(CNC(=O)[C@H]2Cc3ccccc3CN2)CC1. The number of rotatable bonds is 8. The van der Waals surface area contributed by atoms with E-state index in [2.05, 4.69) is 28.1 Å². The quantitative estimate of drug-likeness (QED) is 0.481. The fourth-order valence-corrected chi connectivity index (χ4v) is 4.98. The molecule has 0 spiro atoms. The molecule has 7 heteroatoms. The van der Waals surface area contributed by atoms with Crippen LogP contribution in [0.5, 0.6) is 0 Å². The van der Waals surface area contributed by atoms with Crippen LogP contribution in [0, 0.1) is 11.8 Å².